The van der Waals surface area contributed by atoms with Crippen molar-refractivity contribution in [1.29, 1.82) is 0 Å². The first kappa shape index (κ1) is 23.9. The lowest BCUT2D eigenvalue weighted by atomic mass is 9.53. The molecular formula is C28H36FN3O3. The Balaban J connectivity index is 1.29. The van der Waals surface area contributed by atoms with Gasteiger partial charge >= 0.3 is 6.03 Å². The number of nitrogens with zero attached hydrogens (tertiary/aromatic N) is 2. The molecule has 4 saturated carbocycles. The first-order valence-electron chi connectivity index (χ1n) is 12.9. The summed E-state index contributed by atoms with van der Waals surface area (Å²) in [6, 6.07) is 9.49. The Hall–Kier alpha value is -2.83. The number of benzene rings is 1. The Morgan fingerprint density at radius 3 is 2.20 bits per heavy atom. The van der Waals surface area contributed by atoms with E-state index in [4.69, 9.17) is 4.42 Å². The molecule has 7 heteroatoms. The Kier molecular flexibility index (Phi) is 6.60. The highest BCUT2D eigenvalue weighted by Gasteiger charge is 2.52. The van der Waals surface area contributed by atoms with Gasteiger partial charge in [0, 0.05) is 18.1 Å². The summed E-state index contributed by atoms with van der Waals surface area (Å²) in [4.78, 5) is 30.4. The summed E-state index contributed by atoms with van der Waals surface area (Å²) in [7, 11) is 0. The molecule has 0 atom stereocenters. The van der Waals surface area contributed by atoms with Crippen LogP contribution in [0.1, 0.15) is 63.7 Å². The Morgan fingerprint density at radius 2 is 1.66 bits per heavy atom. The number of urea groups is 1. The molecule has 4 aliphatic carbocycles. The van der Waals surface area contributed by atoms with Crippen LogP contribution in [0.5, 0.6) is 0 Å². The minimum absolute atomic E-state index is 0.0161. The molecule has 1 aromatic carbocycles. The monoisotopic (exact) mass is 481 g/mol. The number of carbonyl (C=O) groups is 2. The first-order valence-corrected chi connectivity index (χ1v) is 12.9. The minimum Gasteiger partial charge on any atom is -0.467 e. The Morgan fingerprint density at radius 1 is 1.03 bits per heavy atom. The van der Waals surface area contributed by atoms with Gasteiger partial charge in [-0.2, -0.15) is 0 Å². The third-order valence-electron chi connectivity index (χ3n) is 8.17. The normalized spacial score (nSPS) is 26.7. The standard InChI is InChI=1S/C28H36FN3O3/c1-19(2)32(27(34)30-28-13-21-10-22(14-28)12-23(11-21)15-28)18-26(33)31(17-25-4-3-9-35-25)16-20-5-7-24(29)8-6-20/h3-9,19,21-23H,10-18H2,1-2H3,(H,30,34). The van der Waals surface area contributed by atoms with Gasteiger partial charge in [-0.3, -0.25) is 4.79 Å². The molecule has 2 aromatic rings. The fourth-order valence-electron chi connectivity index (χ4n) is 6.93. The summed E-state index contributed by atoms with van der Waals surface area (Å²) in [6.45, 7) is 4.47. The highest BCUT2D eigenvalue weighted by atomic mass is 19.1. The van der Waals surface area contributed by atoms with Gasteiger partial charge in [-0.1, -0.05) is 12.1 Å². The van der Waals surface area contributed by atoms with Gasteiger partial charge in [0.2, 0.25) is 5.91 Å². The Bertz CT molecular complexity index is 999. The second kappa shape index (κ2) is 9.67. The molecule has 1 aromatic heterocycles. The van der Waals surface area contributed by atoms with E-state index in [9.17, 15) is 14.0 Å². The number of halogens is 1. The van der Waals surface area contributed by atoms with Crippen LogP contribution in [0.2, 0.25) is 0 Å². The molecule has 0 saturated heterocycles. The predicted molar refractivity (Wildman–Crippen MR) is 131 cm³/mol. The molecule has 1 heterocycles. The van der Waals surface area contributed by atoms with E-state index in [1.807, 2.05) is 19.9 Å². The van der Waals surface area contributed by atoms with E-state index < -0.39 is 0 Å². The Labute approximate surface area is 206 Å². The number of hydrogen-bond acceptors (Lipinski definition) is 3. The number of hydrogen-bond donors (Lipinski definition) is 1. The van der Waals surface area contributed by atoms with Crippen LogP contribution in [0.3, 0.4) is 0 Å². The van der Waals surface area contributed by atoms with E-state index in [-0.39, 0.29) is 42.4 Å². The molecule has 0 unspecified atom stereocenters. The first-order chi connectivity index (χ1) is 16.8. The molecule has 4 bridgehead atoms. The number of amides is 3. The van der Waals surface area contributed by atoms with Crippen molar-refractivity contribution in [2.24, 2.45) is 17.8 Å². The van der Waals surface area contributed by atoms with E-state index >= 15 is 0 Å². The summed E-state index contributed by atoms with van der Waals surface area (Å²) >= 11 is 0. The number of carbonyl (C=O) groups excluding carboxylic acids is 2. The van der Waals surface area contributed by atoms with Crippen LogP contribution in [-0.4, -0.2) is 39.9 Å². The van der Waals surface area contributed by atoms with E-state index in [0.29, 0.717) is 12.3 Å². The molecule has 188 valence electrons. The van der Waals surface area contributed by atoms with Gasteiger partial charge < -0.3 is 19.5 Å². The lowest BCUT2D eigenvalue weighted by Gasteiger charge is -2.57. The van der Waals surface area contributed by atoms with Gasteiger partial charge in [-0.15, -0.1) is 0 Å². The van der Waals surface area contributed by atoms with E-state index in [2.05, 4.69) is 5.32 Å². The van der Waals surface area contributed by atoms with E-state index in [1.54, 1.807) is 34.3 Å². The smallest absolute Gasteiger partial charge is 0.318 e. The third-order valence-corrected chi connectivity index (χ3v) is 8.17. The van der Waals surface area contributed by atoms with Crippen molar-refractivity contribution < 1.29 is 18.4 Å². The summed E-state index contributed by atoms with van der Waals surface area (Å²) in [5.41, 5.74) is 0.713. The molecule has 0 spiro atoms. The van der Waals surface area contributed by atoms with Crippen LogP contribution in [0.4, 0.5) is 9.18 Å². The average Bonchev–Trinajstić information content (AvgIpc) is 3.30. The fourth-order valence-corrected chi connectivity index (χ4v) is 6.93. The van der Waals surface area contributed by atoms with E-state index in [1.165, 1.54) is 31.4 Å². The van der Waals surface area contributed by atoms with Gasteiger partial charge in [0.05, 0.1) is 12.8 Å². The van der Waals surface area contributed by atoms with Gasteiger partial charge in [-0.05, 0) is 100.0 Å². The van der Waals surface area contributed by atoms with Crippen molar-refractivity contribution in [1.82, 2.24) is 15.1 Å². The van der Waals surface area contributed by atoms with Crippen LogP contribution in [0.25, 0.3) is 0 Å². The second-order valence-electron chi connectivity index (χ2n) is 11.3. The molecule has 6 nitrogen and oxygen atoms in total. The largest absolute Gasteiger partial charge is 0.467 e. The maximum absolute atomic E-state index is 13.5. The number of furan rings is 1. The molecule has 35 heavy (non-hydrogen) atoms. The van der Waals surface area contributed by atoms with Crippen molar-refractivity contribution in [3.05, 3.63) is 59.8 Å². The zero-order chi connectivity index (χ0) is 24.6. The van der Waals surface area contributed by atoms with Crippen molar-refractivity contribution in [2.75, 3.05) is 6.54 Å². The highest BCUT2D eigenvalue weighted by Crippen LogP contribution is 2.55. The summed E-state index contributed by atoms with van der Waals surface area (Å²) in [5.74, 6) is 2.38. The van der Waals surface area contributed by atoms with Crippen LogP contribution >= 0.6 is 0 Å². The molecule has 0 radical (unpaired) electrons. The lowest BCUT2D eigenvalue weighted by Crippen LogP contribution is -2.63. The van der Waals surface area contributed by atoms with Crippen LogP contribution < -0.4 is 5.32 Å². The second-order valence-corrected chi connectivity index (χ2v) is 11.3. The van der Waals surface area contributed by atoms with Crippen molar-refractivity contribution in [3.8, 4) is 0 Å². The van der Waals surface area contributed by atoms with Gasteiger partial charge in [-0.25, -0.2) is 9.18 Å². The van der Waals surface area contributed by atoms with E-state index in [0.717, 1.165) is 42.6 Å². The topological polar surface area (TPSA) is 65.8 Å². The zero-order valence-corrected chi connectivity index (χ0v) is 20.7. The third kappa shape index (κ3) is 5.39. The number of nitrogens with one attached hydrogen (secondary N) is 1. The van der Waals surface area contributed by atoms with Crippen molar-refractivity contribution in [3.63, 3.8) is 0 Å². The van der Waals surface area contributed by atoms with Gasteiger partial charge in [0.1, 0.15) is 18.1 Å². The lowest BCUT2D eigenvalue weighted by molar-refractivity contribution is -0.133. The van der Waals surface area contributed by atoms with Crippen LogP contribution in [-0.2, 0) is 17.9 Å². The molecular weight excluding hydrogens is 445 g/mol. The zero-order valence-electron chi connectivity index (χ0n) is 20.7. The van der Waals surface area contributed by atoms with Crippen LogP contribution in [0.15, 0.2) is 47.1 Å². The maximum atomic E-state index is 13.5. The predicted octanol–water partition coefficient (Wildman–Crippen LogP) is 5.34. The van der Waals surface area contributed by atoms with Crippen LogP contribution in [0, 0.1) is 23.6 Å². The molecule has 0 aliphatic heterocycles. The summed E-state index contributed by atoms with van der Waals surface area (Å²) in [5, 5.41) is 3.41. The highest BCUT2D eigenvalue weighted by molar-refractivity contribution is 5.84. The fraction of sp³-hybridized carbons (Fsp3) is 0.571. The molecule has 4 fully saturated rings. The van der Waals surface area contributed by atoms with Gasteiger partial charge in [0.15, 0.2) is 0 Å². The van der Waals surface area contributed by atoms with Crippen molar-refractivity contribution in [2.45, 2.75) is 77.0 Å². The van der Waals surface area contributed by atoms with Crippen molar-refractivity contribution >= 4 is 11.9 Å². The average molecular weight is 482 g/mol. The van der Waals surface area contributed by atoms with Gasteiger partial charge in [0.25, 0.3) is 0 Å². The summed E-state index contributed by atoms with van der Waals surface area (Å²) in [6.07, 6.45) is 8.72. The number of rotatable bonds is 8. The molecule has 1 N–H and O–H groups in total. The molecule has 6 rings (SSSR count). The maximum Gasteiger partial charge on any atom is 0.318 e. The molecule has 3 amide bonds. The summed E-state index contributed by atoms with van der Waals surface area (Å²) < 4.78 is 18.9. The molecule has 4 aliphatic rings. The quantitative estimate of drug-likeness (QED) is 0.554. The SMILES string of the molecule is CC(C)N(CC(=O)N(Cc1ccc(F)cc1)Cc1ccco1)C(=O)NC12CC3CC(CC(C3)C1)C2. The minimum atomic E-state index is -0.315.